The van der Waals surface area contributed by atoms with Crippen LogP contribution in [0.5, 0.6) is 0 Å². The number of likely N-dealkylation sites (tertiary alicyclic amines) is 1. The minimum absolute atomic E-state index is 0.0268. The normalized spacial score (nSPS) is 20.8. The summed E-state index contributed by atoms with van der Waals surface area (Å²) in [5.41, 5.74) is 1.89. The molecule has 1 atom stereocenters. The summed E-state index contributed by atoms with van der Waals surface area (Å²) < 4.78 is 1.70. The van der Waals surface area contributed by atoms with Crippen molar-refractivity contribution < 1.29 is 9.59 Å². The number of hydrogen-bond donors (Lipinski definition) is 1. The number of amides is 2. The number of carbonyl (C=O) groups is 2. The maximum absolute atomic E-state index is 12.8. The lowest BCUT2D eigenvalue weighted by atomic mass is 9.94. The molecule has 7 nitrogen and oxygen atoms in total. The monoisotopic (exact) mass is 367 g/mol. The van der Waals surface area contributed by atoms with Gasteiger partial charge in [-0.25, -0.2) is 9.67 Å². The second-order valence-corrected chi connectivity index (χ2v) is 7.41. The molecule has 1 aromatic carbocycles. The summed E-state index contributed by atoms with van der Waals surface area (Å²) in [6, 6.07) is 8.16. The first-order valence-electron chi connectivity index (χ1n) is 9.72. The molecule has 1 aliphatic heterocycles. The average molecular weight is 367 g/mol. The second kappa shape index (κ2) is 7.90. The van der Waals surface area contributed by atoms with Gasteiger partial charge in [0.25, 0.3) is 0 Å². The molecule has 1 saturated carbocycles. The minimum atomic E-state index is -0.123. The summed E-state index contributed by atoms with van der Waals surface area (Å²) in [6.45, 7) is 0.989. The van der Waals surface area contributed by atoms with Crippen molar-refractivity contribution in [3.8, 4) is 5.69 Å². The van der Waals surface area contributed by atoms with Crippen LogP contribution in [0.1, 0.15) is 44.1 Å². The summed E-state index contributed by atoms with van der Waals surface area (Å²) >= 11 is 0. The van der Waals surface area contributed by atoms with E-state index in [0.29, 0.717) is 32.0 Å². The molecule has 1 saturated heterocycles. The molecule has 1 N–H and O–H groups in total. The van der Waals surface area contributed by atoms with Gasteiger partial charge in [-0.2, -0.15) is 5.10 Å². The molecule has 7 heteroatoms. The van der Waals surface area contributed by atoms with Gasteiger partial charge in [0.1, 0.15) is 12.7 Å². The Labute approximate surface area is 158 Å². The molecular weight excluding hydrogens is 342 g/mol. The first-order valence-corrected chi connectivity index (χ1v) is 9.72. The van der Waals surface area contributed by atoms with Gasteiger partial charge in [-0.1, -0.05) is 31.0 Å². The van der Waals surface area contributed by atoms with Crippen LogP contribution in [0.25, 0.3) is 5.69 Å². The van der Waals surface area contributed by atoms with Gasteiger partial charge in [0.2, 0.25) is 11.8 Å². The van der Waals surface area contributed by atoms with Crippen molar-refractivity contribution in [1.29, 1.82) is 0 Å². The zero-order chi connectivity index (χ0) is 18.6. The molecule has 4 rings (SSSR count). The Kier molecular flexibility index (Phi) is 5.18. The Bertz CT molecular complexity index is 798. The Morgan fingerprint density at radius 1 is 1.19 bits per heavy atom. The van der Waals surface area contributed by atoms with Crippen LogP contribution in [0.15, 0.2) is 36.9 Å². The van der Waals surface area contributed by atoms with E-state index in [0.717, 1.165) is 24.1 Å². The summed E-state index contributed by atoms with van der Waals surface area (Å²) in [5, 5.41) is 7.23. The first-order chi connectivity index (χ1) is 13.2. The Morgan fingerprint density at radius 2 is 2.00 bits per heavy atom. The Hall–Kier alpha value is -2.70. The molecule has 27 heavy (non-hydrogen) atoms. The van der Waals surface area contributed by atoms with Crippen molar-refractivity contribution in [2.45, 2.75) is 51.1 Å². The molecule has 0 bridgehead atoms. The molecule has 0 radical (unpaired) electrons. The molecule has 2 aromatic rings. The van der Waals surface area contributed by atoms with E-state index in [1.807, 2.05) is 29.2 Å². The Balaban J connectivity index is 1.39. The van der Waals surface area contributed by atoms with Gasteiger partial charge in [-0.3, -0.25) is 9.59 Å². The second-order valence-electron chi connectivity index (χ2n) is 7.41. The average Bonchev–Trinajstić information content (AvgIpc) is 3.40. The molecule has 2 amide bonds. The predicted molar refractivity (Wildman–Crippen MR) is 99.9 cm³/mol. The highest BCUT2D eigenvalue weighted by atomic mass is 16.2. The summed E-state index contributed by atoms with van der Waals surface area (Å²) in [4.78, 5) is 31.0. The third-order valence-electron chi connectivity index (χ3n) is 5.69. The summed E-state index contributed by atoms with van der Waals surface area (Å²) in [7, 11) is 0. The van der Waals surface area contributed by atoms with Crippen LogP contribution in [0.3, 0.4) is 0 Å². The lowest BCUT2D eigenvalue weighted by Gasteiger charge is -2.36. The number of piperidine rings is 1. The maximum atomic E-state index is 12.8. The van der Waals surface area contributed by atoms with Crippen molar-refractivity contribution in [3.63, 3.8) is 0 Å². The van der Waals surface area contributed by atoms with E-state index in [9.17, 15) is 9.59 Å². The number of carbonyl (C=O) groups excluding carboxylic acids is 2. The van der Waals surface area contributed by atoms with Crippen LogP contribution >= 0.6 is 0 Å². The van der Waals surface area contributed by atoms with E-state index in [4.69, 9.17) is 0 Å². The van der Waals surface area contributed by atoms with Crippen molar-refractivity contribution in [1.82, 2.24) is 25.0 Å². The molecular formula is C20H25N5O2. The van der Waals surface area contributed by atoms with Crippen molar-refractivity contribution in [2.75, 3.05) is 6.54 Å². The highest BCUT2D eigenvalue weighted by Gasteiger charge is 2.35. The predicted octanol–water partition coefficient (Wildman–Crippen LogP) is 2.06. The molecule has 2 heterocycles. The van der Waals surface area contributed by atoms with Crippen LogP contribution in [0.2, 0.25) is 0 Å². The zero-order valence-corrected chi connectivity index (χ0v) is 15.4. The van der Waals surface area contributed by atoms with E-state index < -0.39 is 0 Å². The zero-order valence-electron chi connectivity index (χ0n) is 15.4. The van der Waals surface area contributed by atoms with Gasteiger partial charge in [0.15, 0.2) is 0 Å². The number of nitrogens with one attached hydrogen (secondary N) is 1. The summed E-state index contributed by atoms with van der Waals surface area (Å²) in [6.07, 6.45) is 8.77. The van der Waals surface area contributed by atoms with E-state index in [2.05, 4.69) is 15.4 Å². The number of nitrogens with zero attached hydrogens (tertiary/aromatic N) is 4. The van der Waals surface area contributed by atoms with Crippen LogP contribution in [-0.2, 0) is 16.1 Å². The van der Waals surface area contributed by atoms with Crippen LogP contribution in [0.4, 0.5) is 0 Å². The highest BCUT2D eigenvalue weighted by Crippen LogP contribution is 2.28. The number of para-hydroxylation sites is 1. The fourth-order valence-corrected chi connectivity index (χ4v) is 4.20. The van der Waals surface area contributed by atoms with Gasteiger partial charge in [0, 0.05) is 25.6 Å². The van der Waals surface area contributed by atoms with Gasteiger partial charge < -0.3 is 10.2 Å². The van der Waals surface area contributed by atoms with Gasteiger partial charge in [-0.15, -0.1) is 0 Å². The standard InChI is InChI=1S/C20H25N5O2/c26-19-10-9-16(12-24(19)17-6-2-3-7-17)20(27)22-11-15-5-1-4-8-18(15)25-14-21-13-23-25/h1,4-5,8,13-14,16-17H,2-3,6-7,9-12H2,(H,22,27)/t16-/m1/s1. The maximum Gasteiger partial charge on any atom is 0.225 e. The largest absolute Gasteiger partial charge is 0.352 e. The lowest BCUT2D eigenvalue weighted by molar-refractivity contribution is -0.140. The van der Waals surface area contributed by atoms with E-state index in [1.54, 1.807) is 11.0 Å². The summed E-state index contributed by atoms with van der Waals surface area (Å²) in [5.74, 6) is 0.114. The van der Waals surface area contributed by atoms with Crippen molar-refractivity contribution in [2.24, 2.45) is 5.92 Å². The van der Waals surface area contributed by atoms with Crippen LogP contribution in [0, 0.1) is 5.92 Å². The fraction of sp³-hybridized carbons (Fsp3) is 0.500. The topological polar surface area (TPSA) is 80.1 Å². The molecule has 2 fully saturated rings. The first kappa shape index (κ1) is 17.7. The van der Waals surface area contributed by atoms with Crippen LogP contribution in [-0.4, -0.2) is 44.1 Å². The fourth-order valence-electron chi connectivity index (χ4n) is 4.20. The van der Waals surface area contributed by atoms with E-state index >= 15 is 0 Å². The quantitative estimate of drug-likeness (QED) is 0.877. The molecule has 2 aliphatic rings. The number of rotatable bonds is 5. The van der Waals surface area contributed by atoms with Crippen molar-refractivity contribution >= 4 is 11.8 Å². The molecule has 142 valence electrons. The lowest BCUT2D eigenvalue weighted by Crippen LogP contribution is -2.49. The van der Waals surface area contributed by atoms with Crippen molar-refractivity contribution in [3.05, 3.63) is 42.5 Å². The van der Waals surface area contributed by atoms with E-state index in [1.165, 1.54) is 19.2 Å². The SMILES string of the molecule is O=C(NCc1ccccc1-n1cncn1)[C@@H]1CCC(=O)N(C2CCCC2)C1. The third kappa shape index (κ3) is 3.86. The van der Waals surface area contributed by atoms with Gasteiger partial charge >= 0.3 is 0 Å². The van der Waals surface area contributed by atoms with Gasteiger partial charge in [-0.05, 0) is 30.9 Å². The number of benzene rings is 1. The highest BCUT2D eigenvalue weighted by molar-refractivity contribution is 5.84. The molecule has 0 unspecified atom stereocenters. The van der Waals surface area contributed by atoms with E-state index in [-0.39, 0.29) is 17.7 Å². The number of aromatic nitrogens is 3. The molecule has 1 aliphatic carbocycles. The molecule has 0 spiro atoms. The van der Waals surface area contributed by atoms with Crippen LogP contribution < -0.4 is 5.32 Å². The minimum Gasteiger partial charge on any atom is -0.352 e. The van der Waals surface area contributed by atoms with Gasteiger partial charge in [0.05, 0.1) is 11.6 Å². The smallest absolute Gasteiger partial charge is 0.225 e. The molecule has 1 aromatic heterocycles. The number of hydrogen-bond acceptors (Lipinski definition) is 4. The Morgan fingerprint density at radius 3 is 2.78 bits per heavy atom. The third-order valence-corrected chi connectivity index (χ3v) is 5.69.